The summed E-state index contributed by atoms with van der Waals surface area (Å²) < 4.78 is 10.7. The molecular weight excluding hydrogens is 478 g/mol. The van der Waals surface area contributed by atoms with E-state index < -0.39 is 29.4 Å². The van der Waals surface area contributed by atoms with Crippen LogP contribution in [0.3, 0.4) is 0 Å². The van der Waals surface area contributed by atoms with Gasteiger partial charge in [0.15, 0.2) is 5.60 Å². The van der Waals surface area contributed by atoms with Gasteiger partial charge in [-0.05, 0) is 48.6 Å². The summed E-state index contributed by atoms with van der Waals surface area (Å²) in [5.74, 6) is -2.26. The molecule has 1 N–H and O–H groups in total. The topological polar surface area (TPSA) is 155 Å². The molecule has 0 radical (unpaired) electrons. The highest BCUT2D eigenvalue weighted by molar-refractivity contribution is 5.98. The lowest BCUT2D eigenvalue weighted by Gasteiger charge is -2.44. The Balaban J connectivity index is 1.51. The summed E-state index contributed by atoms with van der Waals surface area (Å²) in [6, 6.07) is 5.22. The molecule has 1 aromatic heterocycles. The molecule has 1 fully saturated rings. The Bertz CT molecular complexity index is 1400. The van der Waals surface area contributed by atoms with Crippen LogP contribution in [-0.2, 0) is 32.1 Å². The number of aromatic nitrogens is 1. The fourth-order valence-electron chi connectivity index (χ4n) is 5.55. The highest BCUT2D eigenvalue weighted by Crippen LogP contribution is 2.47. The van der Waals surface area contributed by atoms with Crippen molar-refractivity contribution in [3.63, 3.8) is 0 Å². The van der Waals surface area contributed by atoms with Crippen LogP contribution >= 0.6 is 0 Å². The zero-order valence-electron chi connectivity index (χ0n) is 20.6. The minimum atomic E-state index is -1.76. The van der Waals surface area contributed by atoms with Gasteiger partial charge in [-0.3, -0.25) is 9.59 Å². The van der Waals surface area contributed by atoms with Gasteiger partial charge in [0.1, 0.15) is 12.4 Å². The molecule has 3 atom stereocenters. The van der Waals surface area contributed by atoms with Crippen molar-refractivity contribution in [3.8, 4) is 5.75 Å². The number of aryl methyl sites for hydroxylation is 1. The fraction of sp³-hybridized carbons (Fsp3) is 0.462. The zero-order chi connectivity index (χ0) is 26.3. The highest BCUT2D eigenvalue weighted by atomic mass is 16.6. The molecule has 37 heavy (non-hydrogen) atoms. The van der Waals surface area contributed by atoms with Crippen LogP contribution in [0.5, 0.6) is 5.75 Å². The van der Waals surface area contributed by atoms with Gasteiger partial charge in [0, 0.05) is 34.7 Å². The number of amides is 1. The lowest BCUT2D eigenvalue weighted by molar-refractivity contribution is -0.190. The predicted molar refractivity (Wildman–Crippen MR) is 132 cm³/mol. The van der Waals surface area contributed by atoms with Crippen LogP contribution in [0, 0.1) is 11.8 Å². The number of pyridine rings is 1. The molecule has 2 unspecified atom stereocenters. The second-order valence-corrected chi connectivity index (χ2v) is 9.47. The number of carbonyl (C=O) groups excluding carboxylic acids is 3. The van der Waals surface area contributed by atoms with E-state index in [-0.39, 0.29) is 31.9 Å². The Labute approximate surface area is 212 Å². The van der Waals surface area contributed by atoms with Crippen molar-refractivity contribution in [2.45, 2.75) is 51.7 Å². The van der Waals surface area contributed by atoms with Crippen molar-refractivity contribution < 1.29 is 29.0 Å². The minimum absolute atomic E-state index is 0.0606. The first kappa shape index (κ1) is 24.7. The van der Waals surface area contributed by atoms with Crippen LogP contribution in [-0.4, -0.2) is 51.6 Å². The van der Waals surface area contributed by atoms with E-state index in [2.05, 4.69) is 10.0 Å². The van der Waals surface area contributed by atoms with E-state index in [1.165, 1.54) is 0 Å². The van der Waals surface area contributed by atoms with E-state index in [1.54, 1.807) is 30.0 Å². The standard InChI is InChI=1S/C26H27N5O6/c1-3-15-16-10-14(37-22(32)6-5-9-28-30-27)7-8-20(16)29-23-17(15)12-31-21(23)11-19-18(24(31)33)13-36-25(34)26(19,35)4-2/h7-8,10-11,18-19,35H,3-6,9,12-13H2,1-2H3/t18?,19?,26-/m0/s1. The molecule has 3 aliphatic heterocycles. The number of benzene rings is 1. The summed E-state index contributed by atoms with van der Waals surface area (Å²) in [6.45, 7) is 4.21. The monoisotopic (exact) mass is 505 g/mol. The second-order valence-electron chi connectivity index (χ2n) is 9.47. The van der Waals surface area contributed by atoms with Gasteiger partial charge < -0.3 is 19.5 Å². The predicted octanol–water partition coefficient (Wildman–Crippen LogP) is 3.42. The van der Waals surface area contributed by atoms with E-state index in [0.717, 1.165) is 16.5 Å². The van der Waals surface area contributed by atoms with Crippen molar-refractivity contribution in [1.29, 1.82) is 0 Å². The van der Waals surface area contributed by atoms with E-state index in [0.29, 0.717) is 42.0 Å². The molecule has 5 rings (SSSR count). The van der Waals surface area contributed by atoms with Crippen molar-refractivity contribution in [2.75, 3.05) is 13.2 Å². The Morgan fingerprint density at radius 2 is 2.19 bits per heavy atom. The number of cyclic esters (lactones) is 1. The van der Waals surface area contributed by atoms with E-state index in [9.17, 15) is 19.5 Å². The molecule has 0 bridgehead atoms. The Kier molecular flexibility index (Phi) is 6.35. The van der Waals surface area contributed by atoms with Crippen molar-refractivity contribution in [2.24, 2.45) is 17.0 Å². The summed E-state index contributed by atoms with van der Waals surface area (Å²) >= 11 is 0. The smallest absolute Gasteiger partial charge is 0.338 e. The van der Waals surface area contributed by atoms with Gasteiger partial charge in [-0.2, -0.15) is 0 Å². The van der Waals surface area contributed by atoms with Gasteiger partial charge in [0.2, 0.25) is 5.91 Å². The van der Waals surface area contributed by atoms with Crippen LogP contribution in [0.25, 0.3) is 27.0 Å². The molecule has 3 aliphatic rings. The average molecular weight is 506 g/mol. The Morgan fingerprint density at radius 1 is 1.38 bits per heavy atom. The summed E-state index contributed by atoms with van der Waals surface area (Å²) in [5, 5.41) is 15.4. The lowest BCUT2D eigenvalue weighted by atomic mass is 9.72. The van der Waals surface area contributed by atoms with Gasteiger partial charge >= 0.3 is 11.9 Å². The zero-order valence-corrected chi connectivity index (χ0v) is 20.6. The maximum absolute atomic E-state index is 13.5. The van der Waals surface area contributed by atoms with Crippen molar-refractivity contribution in [3.05, 3.63) is 51.5 Å². The number of carbonyl (C=O) groups is 3. The van der Waals surface area contributed by atoms with Gasteiger partial charge in [0.05, 0.1) is 29.4 Å². The summed E-state index contributed by atoms with van der Waals surface area (Å²) in [4.78, 5) is 47.3. The van der Waals surface area contributed by atoms with E-state index in [4.69, 9.17) is 20.0 Å². The van der Waals surface area contributed by atoms with Crippen LogP contribution in [0.1, 0.15) is 49.9 Å². The third-order valence-corrected chi connectivity index (χ3v) is 7.50. The molecule has 1 aromatic carbocycles. The number of ether oxygens (including phenoxy) is 2. The number of azide groups is 1. The lowest BCUT2D eigenvalue weighted by Crippen LogP contribution is -2.58. The molecule has 11 heteroatoms. The molecule has 2 aromatic rings. The third kappa shape index (κ3) is 4.00. The molecule has 11 nitrogen and oxygen atoms in total. The van der Waals surface area contributed by atoms with Crippen LogP contribution < -0.4 is 4.74 Å². The first-order valence-electron chi connectivity index (χ1n) is 12.4. The number of esters is 2. The molecule has 0 saturated carbocycles. The maximum Gasteiger partial charge on any atom is 0.338 e. The molecule has 4 heterocycles. The normalized spacial score (nSPS) is 24.0. The number of hydrogen-bond donors (Lipinski definition) is 1. The SMILES string of the molecule is CCc1c2c(nc3ccc(OC(=O)CCCN=[N+]=[N-])cc13)C1=CC3C(COC(=O)[C@]3(O)CC)C(=O)N1C2. The summed E-state index contributed by atoms with van der Waals surface area (Å²) in [6.07, 6.45) is 3.13. The largest absolute Gasteiger partial charge is 0.463 e. The Hall–Kier alpha value is -3.95. The molecule has 0 spiro atoms. The first-order valence-corrected chi connectivity index (χ1v) is 12.4. The second kappa shape index (κ2) is 9.49. The number of fused-ring (bicyclic) bond motifs is 5. The van der Waals surface area contributed by atoms with Crippen LogP contribution in [0.2, 0.25) is 0 Å². The molecule has 1 saturated heterocycles. The number of hydrogen-bond acceptors (Lipinski definition) is 8. The van der Waals surface area contributed by atoms with Crippen molar-refractivity contribution >= 4 is 34.4 Å². The summed E-state index contributed by atoms with van der Waals surface area (Å²) in [5.41, 5.74) is 10.4. The molecule has 1 amide bonds. The number of rotatable bonds is 7. The van der Waals surface area contributed by atoms with Gasteiger partial charge in [-0.15, -0.1) is 0 Å². The van der Waals surface area contributed by atoms with Crippen LogP contribution in [0.15, 0.2) is 29.4 Å². The van der Waals surface area contributed by atoms with Gasteiger partial charge in [-0.25, -0.2) is 9.78 Å². The van der Waals surface area contributed by atoms with Gasteiger partial charge in [0.25, 0.3) is 0 Å². The fourth-order valence-corrected chi connectivity index (χ4v) is 5.55. The van der Waals surface area contributed by atoms with E-state index >= 15 is 0 Å². The molecule has 192 valence electrons. The molecular formula is C26H27N5O6. The average Bonchev–Trinajstić information content (AvgIpc) is 3.26. The van der Waals surface area contributed by atoms with Crippen molar-refractivity contribution in [1.82, 2.24) is 9.88 Å². The third-order valence-electron chi connectivity index (χ3n) is 7.50. The first-order chi connectivity index (χ1) is 17.8. The maximum atomic E-state index is 13.5. The van der Waals surface area contributed by atoms with E-state index in [1.807, 2.05) is 13.0 Å². The number of nitrogens with zero attached hydrogens (tertiary/aromatic N) is 5. The molecule has 0 aliphatic carbocycles. The minimum Gasteiger partial charge on any atom is -0.463 e. The van der Waals surface area contributed by atoms with Crippen LogP contribution in [0.4, 0.5) is 0 Å². The van der Waals surface area contributed by atoms with Gasteiger partial charge in [-0.1, -0.05) is 25.0 Å². The Morgan fingerprint density at radius 3 is 2.92 bits per heavy atom. The quantitative estimate of drug-likeness (QED) is 0.151. The summed E-state index contributed by atoms with van der Waals surface area (Å²) in [7, 11) is 0. The number of aliphatic hydroxyl groups is 1. The highest BCUT2D eigenvalue weighted by Gasteiger charge is 2.56.